The van der Waals surface area contributed by atoms with E-state index in [0.717, 1.165) is 28.1 Å². The minimum absolute atomic E-state index is 0.0396. The van der Waals surface area contributed by atoms with Gasteiger partial charge in [0.2, 0.25) is 0 Å². The summed E-state index contributed by atoms with van der Waals surface area (Å²) in [6.45, 7) is 1.96. The maximum absolute atomic E-state index is 14.1. The van der Waals surface area contributed by atoms with E-state index in [0.29, 0.717) is 16.1 Å². The number of aryl methyl sites for hydroxylation is 1. The number of ketones is 1. The van der Waals surface area contributed by atoms with Crippen molar-refractivity contribution in [1.82, 2.24) is 5.32 Å². The predicted octanol–water partition coefficient (Wildman–Crippen LogP) is 8.40. The van der Waals surface area contributed by atoms with Gasteiger partial charge in [-0.3, -0.25) is 4.79 Å². The van der Waals surface area contributed by atoms with Gasteiger partial charge in [-0.15, -0.1) is 11.3 Å². The summed E-state index contributed by atoms with van der Waals surface area (Å²) in [5.41, 5.74) is 2.53. The van der Waals surface area contributed by atoms with E-state index >= 15 is 0 Å². The fourth-order valence-electron chi connectivity index (χ4n) is 5.02. The molecule has 0 aliphatic carbocycles. The third-order valence-corrected chi connectivity index (χ3v) is 8.03. The van der Waals surface area contributed by atoms with Crippen molar-refractivity contribution in [2.45, 2.75) is 31.1 Å². The lowest BCUT2D eigenvalue weighted by molar-refractivity contribution is -0.137. The van der Waals surface area contributed by atoms with Gasteiger partial charge < -0.3 is 5.32 Å². The molecule has 0 bridgehead atoms. The summed E-state index contributed by atoms with van der Waals surface area (Å²) in [7, 11) is 0. The molecule has 1 saturated heterocycles. The largest absolute Gasteiger partial charge is 0.416 e. The molecule has 2 nitrogen and oxygen atoms in total. The Labute approximate surface area is 216 Å². The van der Waals surface area contributed by atoms with E-state index in [-0.39, 0.29) is 17.7 Å². The summed E-state index contributed by atoms with van der Waals surface area (Å²) in [5, 5.41) is 6.20. The number of hydrogen-bond donors (Lipinski definition) is 1. The van der Waals surface area contributed by atoms with Crippen LogP contribution >= 0.6 is 22.9 Å². The van der Waals surface area contributed by atoms with Crippen molar-refractivity contribution in [2.75, 3.05) is 0 Å². The number of thiophene rings is 1. The highest BCUT2D eigenvalue weighted by Crippen LogP contribution is 2.52. The Bertz CT molecular complexity index is 1330. The second-order valence-electron chi connectivity index (χ2n) is 9.09. The Balaban J connectivity index is 1.63. The van der Waals surface area contributed by atoms with Crippen molar-refractivity contribution < 1.29 is 18.0 Å². The van der Waals surface area contributed by atoms with Gasteiger partial charge in [0.15, 0.2) is 5.78 Å². The molecular weight excluding hydrogens is 503 g/mol. The standard InChI is InChI=1S/C29H23ClF3NOS/c1-17-4-6-20(7-5-17)28(35)25-24(23-3-2-16-36-23)26(19-10-14-22(30)15-11-19)34-27(25)18-8-12-21(13-9-18)29(31,32)33/h2-16,24-27,34H,1H3/t24-,25+,26+,27+/m1/s1. The smallest absolute Gasteiger partial charge is 0.302 e. The Morgan fingerprint density at radius 1 is 0.861 bits per heavy atom. The van der Waals surface area contributed by atoms with Crippen LogP contribution in [-0.4, -0.2) is 5.78 Å². The third-order valence-electron chi connectivity index (χ3n) is 6.80. The first-order valence-corrected chi connectivity index (χ1v) is 12.8. The molecule has 5 rings (SSSR count). The topological polar surface area (TPSA) is 29.1 Å². The van der Waals surface area contributed by atoms with Crippen molar-refractivity contribution in [3.63, 3.8) is 0 Å². The molecular formula is C29H23ClF3NOS. The van der Waals surface area contributed by atoms with Crippen LogP contribution in [0, 0.1) is 12.8 Å². The van der Waals surface area contributed by atoms with Gasteiger partial charge in [0.05, 0.1) is 11.5 Å². The molecule has 36 heavy (non-hydrogen) atoms. The summed E-state index contributed by atoms with van der Waals surface area (Å²) >= 11 is 7.71. The number of rotatable bonds is 5. The first-order chi connectivity index (χ1) is 17.2. The van der Waals surface area contributed by atoms with E-state index in [1.54, 1.807) is 11.3 Å². The van der Waals surface area contributed by atoms with E-state index in [1.807, 2.05) is 73.0 Å². The molecule has 0 saturated carbocycles. The van der Waals surface area contributed by atoms with Crippen LogP contribution in [0.3, 0.4) is 0 Å². The average molecular weight is 526 g/mol. The lowest BCUT2D eigenvalue weighted by atomic mass is 9.77. The summed E-state index contributed by atoms with van der Waals surface area (Å²) in [4.78, 5) is 15.1. The maximum Gasteiger partial charge on any atom is 0.416 e. The molecule has 1 aromatic heterocycles. The SMILES string of the molecule is Cc1ccc(C(=O)[C@H]2[C@@H](c3cccs3)[C@H](c3ccc(Cl)cc3)N[C@H]2c2ccc(C(F)(F)F)cc2)cc1. The maximum atomic E-state index is 14.1. The molecule has 1 N–H and O–H groups in total. The lowest BCUT2D eigenvalue weighted by Gasteiger charge is -2.24. The van der Waals surface area contributed by atoms with Crippen LogP contribution in [0.25, 0.3) is 0 Å². The molecule has 1 aliphatic heterocycles. The zero-order valence-corrected chi connectivity index (χ0v) is 20.9. The van der Waals surface area contributed by atoms with Gasteiger partial charge in [-0.2, -0.15) is 13.2 Å². The predicted molar refractivity (Wildman–Crippen MR) is 138 cm³/mol. The number of carbonyl (C=O) groups is 1. The third kappa shape index (κ3) is 4.85. The zero-order chi connectivity index (χ0) is 25.4. The Morgan fingerprint density at radius 3 is 2.06 bits per heavy atom. The Kier molecular flexibility index (Phi) is 6.77. The molecule has 4 atom stereocenters. The molecule has 0 radical (unpaired) electrons. The minimum atomic E-state index is -4.43. The van der Waals surface area contributed by atoms with Crippen LogP contribution in [0.5, 0.6) is 0 Å². The summed E-state index contributed by atoms with van der Waals surface area (Å²) < 4.78 is 39.7. The molecule has 0 amide bonds. The van der Waals surface area contributed by atoms with Gasteiger partial charge in [-0.1, -0.05) is 71.8 Å². The minimum Gasteiger partial charge on any atom is -0.302 e. The van der Waals surface area contributed by atoms with Crippen LogP contribution in [0.2, 0.25) is 5.02 Å². The van der Waals surface area contributed by atoms with Crippen molar-refractivity contribution in [3.8, 4) is 0 Å². The van der Waals surface area contributed by atoms with Crippen molar-refractivity contribution in [2.24, 2.45) is 5.92 Å². The molecule has 4 aromatic rings. The van der Waals surface area contributed by atoms with E-state index < -0.39 is 23.7 Å². The average Bonchev–Trinajstić information content (AvgIpc) is 3.52. The van der Waals surface area contributed by atoms with Crippen LogP contribution in [0.15, 0.2) is 90.3 Å². The summed E-state index contributed by atoms with van der Waals surface area (Å²) in [5.74, 6) is -0.779. The molecule has 3 aromatic carbocycles. The van der Waals surface area contributed by atoms with Crippen LogP contribution < -0.4 is 5.32 Å². The van der Waals surface area contributed by atoms with E-state index in [9.17, 15) is 18.0 Å². The molecule has 7 heteroatoms. The normalized spacial score (nSPS) is 22.0. The zero-order valence-electron chi connectivity index (χ0n) is 19.3. The molecule has 1 fully saturated rings. The number of carbonyl (C=O) groups excluding carboxylic acids is 1. The van der Waals surface area contributed by atoms with E-state index in [4.69, 9.17) is 11.6 Å². The molecule has 2 heterocycles. The number of Topliss-reactive ketones (excluding diaryl/α,β-unsaturated/α-hetero) is 1. The molecule has 1 aliphatic rings. The van der Waals surface area contributed by atoms with Gasteiger partial charge in [0.25, 0.3) is 0 Å². The highest BCUT2D eigenvalue weighted by Gasteiger charge is 2.49. The second kappa shape index (κ2) is 9.85. The van der Waals surface area contributed by atoms with E-state index in [1.165, 1.54) is 12.1 Å². The molecule has 184 valence electrons. The summed E-state index contributed by atoms with van der Waals surface area (Å²) in [6.07, 6.45) is -4.43. The van der Waals surface area contributed by atoms with Crippen LogP contribution in [0.1, 0.15) is 55.5 Å². The number of benzene rings is 3. The number of halogens is 4. The van der Waals surface area contributed by atoms with E-state index in [2.05, 4.69) is 5.32 Å². The molecule has 0 unspecified atom stereocenters. The van der Waals surface area contributed by atoms with Crippen LogP contribution in [-0.2, 0) is 6.18 Å². The Morgan fingerprint density at radius 2 is 1.47 bits per heavy atom. The fourth-order valence-corrected chi connectivity index (χ4v) is 6.06. The van der Waals surface area contributed by atoms with Crippen molar-refractivity contribution >= 4 is 28.7 Å². The molecule has 0 spiro atoms. The van der Waals surface area contributed by atoms with Gasteiger partial charge in [-0.05, 0) is 53.8 Å². The van der Waals surface area contributed by atoms with Crippen molar-refractivity contribution in [3.05, 3.63) is 128 Å². The number of hydrogen-bond acceptors (Lipinski definition) is 3. The quantitative estimate of drug-likeness (QED) is 0.265. The van der Waals surface area contributed by atoms with Gasteiger partial charge in [-0.25, -0.2) is 0 Å². The van der Waals surface area contributed by atoms with Gasteiger partial charge in [0, 0.05) is 33.5 Å². The highest BCUT2D eigenvalue weighted by molar-refractivity contribution is 7.10. The highest BCUT2D eigenvalue weighted by atomic mass is 35.5. The lowest BCUT2D eigenvalue weighted by Crippen LogP contribution is -2.26. The Hall–Kier alpha value is -2.93. The van der Waals surface area contributed by atoms with Gasteiger partial charge >= 0.3 is 6.18 Å². The number of nitrogens with one attached hydrogen (secondary N) is 1. The monoisotopic (exact) mass is 525 g/mol. The fraction of sp³-hybridized carbons (Fsp3) is 0.207. The summed E-state index contributed by atoms with van der Waals surface area (Å²) in [6, 6.07) is 23.3. The first kappa shape index (κ1) is 24.8. The van der Waals surface area contributed by atoms with Crippen LogP contribution in [0.4, 0.5) is 13.2 Å². The second-order valence-corrected chi connectivity index (χ2v) is 10.5. The first-order valence-electron chi connectivity index (χ1n) is 11.6. The number of alkyl halides is 3. The van der Waals surface area contributed by atoms with Gasteiger partial charge in [0.1, 0.15) is 0 Å². The van der Waals surface area contributed by atoms with Crippen molar-refractivity contribution in [1.29, 1.82) is 0 Å².